The van der Waals surface area contributed by atoms with E-state index in [2.05, 4.69) is 20.9 Å². The molecule has 0 unspecified atom stereocenters. The molecule has 1 aromatic carbocycles. The summed E-state index contributed by atoms with van der Waals surface area (Å²) < 4.78 is 26.8. The van der Waals surface area contributed by atoms with E-state index in [-0.39, 0.29) is 24.9 Å². The number of piperidine rings is 1. The number of carbonyl (C=O) groups excluding carboxylic acids is 2. The van der Waals surface area contributed by atoms with Crippen molar-refractivity contribution in [2.45, 2.75) is 44.3 Å². The quantitative estimate of drug-likeness (QED) is 0.545. The molecule has 1 saturated heterocycles. The smallest absolute Gasteiger partial charge is 0.243 e. The summed E-state index contributed by atoms with van der Waals surface area (Å²) in [5.74, 6) is -2.31. The number of hydrogen-bond donors (Lipinski definition) is 4. The average molecular weight is 417 g/mol. The number of amides is 2. The Morgan fingerprint density at radius 2 is 1.97 bits per heavy atom. The number of nitrogen functional groups attached to an aromatic ring is 1. The summed E-state index contributed by atoms with van der Waals surface area (Å²) in [6.45, 7) is 0.931. The number of pyridine rings is 1. The summed E-state index contributed by atoms with van der Waals surface area (Å²) in [6.07, 6.45) is 4.18. The Labute approximate surface area is 173 Å². The first-order valence-corrected chi connectivity index (χ1v) is 9.88. The summed E-state index contributed by atoms with van der Waals surface area (Å²) in [4.78, 5) is 29.4. The molecule has 0 aliphatic carbocycles. The Morgan fingerprint density at radius 3 is 2.63 bits per heavy atom. The Morgan fingerprint density at radius 1 is 1.17 bits per heavy atom. The lowest BCUT2D eigenvalue weighted by molar-refractivity contribution is -0.130. The number of rotatable bonds is 7. The molecule has 7 nitrogen and oxygen atoms in total. The van der Waals surface area contributed by atoms with E-state index in [0.29, 0.717) is 17.8 Å². The highest BCUT2D eigenvalue weighted by molar-refractivity contribution is 5.90. The van der Waals surface area contributed by atoms with Crippen molar-refractivity contribution in [3.8, 4) is 0 Å². The normalized spacial score (nSPS) is 17.2. The molecule has 1 aromatic heterocycles. The predicted molar refractivity (Wildman–Crippen MR) is 108 cm³/mol. The van der Waals surface area contributed by atoms with Gasteiger partial charge in [-0.3, -0.25) is 9.59 Å². The molecule has 30 heavy (non-hydrogen) atoms. The predicted octanol–water partition coefficient (Wildman–Crippen LogP) is 1.43. The van der Waals surface area contributed by atoms with Crippen molar-refractivity contribution >= 4 is 17.6 Å². The summed E-state index contributed by atoms with van der Waals surface area (Å²) in [5, 5.41) is 8.63. The van der Waals surface area contributed by atoms with Gasteiger partial charge in [0.25, 0.3) is 0 Å². The molecule has 2 heterocycles. The van der Waals surface area contributed by atoms with Gasteiger partial charge in [-0.05, 0) is 48.7 Å². The number of carbonyl (C=O) groups is 2. The third-order valence-electron chi connectivity index (χ3n) is 5.00. The van der Waals surface area contributed by atoms with E-state index in [0.717, 1.165) is 37.1 Å². The lowest BCUT2D eigenvalue weighted by Gasteiger charge is -2.25. The third kappa shape index (κ3) is 5.96. The van der Waals surface area contributed by atoms with E-state index in [4.69, 9.17) is 5.73 Å². The molecule has 0 radical (unpaired) electrons. The molecule has 2 amide bonds. The highest BCUT2D eigenvalue weighted by Crippen LogP contribution is 2.12. The summed E-state index contributed by atoms with van der Waals surface area (Å²) in [5.41, 5.74) is 6.70. The summed E-state index contributed by atoms with van der Waals surface area (Å²) in [7, 11) is 0. The van der Waals surface area contributed by atoms with Crippen LogP contribution >= 0.6 is 0 Å². The average Bonchev–Trinajstić information content (AvgIpc) is 2.75. The topological polar surface area (TPSA) is 109 Å². The standard InChI is InChI=1S/C21H25F2N5O2/c22-15-6-4-13(9-16(15)23)10-18(28-21(30)17-3-1-2-8-25-17)20(29)27-12-14-5-7-19(24)26-11-14/h4-7,9,11,17-18,25H,1-3,8,10,12H2,(H2,24,26)(H,27,29)(H,28,30)/t17-,18+/m0/s1. The van der Waals surface area contributed by atoms with Crippen LogP contribution in [0.15, 0.2) is 36.5 Å². The van der Waals surface area contributed by atoms with Crippen LogP contribution in [0.4, 0.5) is 14.6 Å². The fraction of sp³-hybridized carbons (Fsp3) is 0.381. The molecule has 0 saturated carbocycles. The monoisotopic (exact) mass is 417 g/mol. The van der Waals surface area contributed by atoms with Gasteiger partial charge in [0.2, 0.25) is 11.8 Å². The van der Waals surface area contributed by atoms with Gasteiger partial charge in [-0.25, -0.2) is 13.8 Å². The molecule has 0 spiro atoms. The molecule has 5 N–H and O–H groups in total. The van der Waals surface area contributed by atoms with Gasteiger partial charge in [-0.1, -0.05) is 18.6 Å². The van der Waals surface area contributed by atoms with Gasteiger partial charge in [0.05, 0.1) is 6.04 Å². The first kappa shape index (κ1) is 21.6. The number of halogens is 2. The van der Waals surface area contributed by atoms with Crippen LogP contribution in [0.5, 0.6) is 0 Å². The van der Waals surface area contributed by atoms with Crippen LogP contribution in [0, 0.1) is 11.6 Å². The first-order valence-electron chi connectivity index (χ1n) is 9.88. The summed E-state index contributed by atoms with van der Waals surface area (Å²) >= 11 is 0. The first-order chi connectivity index (χ1) is 14.4. The van der Waals surface area contributed by atoms with E-state index in [9.17, 15) is 18.4 Å². The second-order valence-electron chi connectivity index (χ2n) is 7.33. The number of anilines is 1. The molecule has 1 aliphatic heterocycles. The van der Waals surface area contributed by atoms with Crippen LogP contribution in [0.25, 0.3) is 0 Å². The second-order valence-corrected chi connectivity index (χ2v) is 7.33. The lowest BCUT2D eigenvalue weighted by Crippen LogP contribution is -2.54. The lowest BCUT2D eigenvalue weighted by atomic mass is 10.0. The van der Waals surface area contributed by atoms with Gasteiger partial charge >= 0.3 is 0 Å². The van der Waals surface area contributed by atoms with Gasteiger partial charge in [-0.2, -0.15) is 0 Å². The Kier molecular flexibility index (Phi) is 7.29. The van der Waals surface area contributed by atoms with Crippen molar-refractivity contribution in [2.24, 2.45) is 0 Å². The second kappa shape index (κ2) is 10.1. The Bertz CT molecular complexity index is 885. The van der Waals surface area contributed by atoms with E-state index in [1.807, 2.05) is 0 Å². The van der Waals surface area contributed by atoms with Crippen LogP contribution in [-0.4, -0.2) is 35.4 Å². The zero-order valence-corrected chi connectivity index (χ0v) is 16.5. The zero-order chi connectivity index (χ0) is 21.5. The van der Waals surface area contributed by atoms with E-state index >= 15 is 0 Å². The van der Waals surface area contributed by atoms with Gasteiger partial charge in [0.1, 0.15) is 11.9 Å². The van der Waals surface area contributed by atoms with E-state index in [1.165, 1.54) is 6.07 Å². The number of benzene rings is 1. The van der Waals surface area contributed by atoms with Crippen molar-refractivity contribution in [3.05, 3.63) is 59.3 Å². The van der Waals surface area contributed by atoms with Crippen molar-refractivity contribution in [1.82, 2.24) is 20.9 Å². The molecule has 3 rings (SSSR count). The molecule has 1 fully saturated rings. The van der Waals surface area contributed by atoms with Gasteiger partial charge < -0.3 is 21.7 Å². The van der Waals surface area contributed by atoms with Crippen molar-refractivity contribution in [1.29, 1.82) is 0 Å². The molecule has 2 aromatic rings. The fourth-order valence-corrected chi connectivity index (χ4v) is 3.31. The Hall–Kier alpha value is -3.07. The maximum absolute atomic E-state index is 13.6. The van der Waals surface area contributed by atoms with Crippen LogP contribution in [0.1, 0.15) is 30.4 Å². The SMILES string of the molecule is Nc1ccc(CNC(=O)[C@@H](Cc2ccc(F)c(F)c2)NC(=O)[C@@H]2CCCCN2)cn1. The fourth-order valence-electron chi connectivity index (χ4n) is 3.31. The molecular formula is C21H25F2N5O2. The third-order valence-corrected chi connectivity index (χ3v) is 5.00. The largest absolute Gasteiger partial charge is 0.384 e. The van der Waals surface area contributed by atoms with E-state index in [1.54, 1.807) is 18.3 Å². The van der Waals surface area contributed by atoms with E-state index < -0.39 is 23.6 Å². The maximum Gasteiger partial charge on any atom is 0.243 e. The van der Waals surface area contributed by atoms with Crippen LogP contribution < -0.4 is 21.7 Å². The van der Waals surface area contributed by atoms with Gasteiger partial charge in [-0.15, -0.1) is 0 Å². The highest BCUT2D eigenvalue weighted by atomic mass is 19.2. The van der Waals surface area contributed by atoms with Gasteiger partial charge in [0.15, 0.2) is 11.6 Å². The molecule has 9 heteroatoms. The van der Waals surface area contributed by atoms with Crippen molar-refractivity contribution in [3.63, 3.8) is 0 Å². The molecule has 1 aliphatic rings. The Balaban J connectivity index is 1.69. The van der Waals surface area contributed by atoms with Crippen LogP contribution in [0.3, 0.4) is 0 Å². The van der Waals surface area contributed by atoms with Crippen LogP contribution in [0.2, 0.25) is 0 Å². The zero-order valence-electron chi connectivity index (χ0n) is 16.5. The molecular weight excluding hydrogens is 392 g/mol. The maximum atomic E-state index is 13.6. The minimum Gasteiger partial charge on any atom is -0.384 e. The molecule has 0 bridgehead atoms. The molecule has 160 valence electrons. The number of nitrogens with one attached hydrogen (secondary N) is 3. The highest BCUT2D eigenvalue weighted by Gasteiger charge is 2.27. The number of aromatic nitrogens is 1. The number of nitrogens with two attached hydrogens (primary N) is 1. The summed E-state index contributed by atoms with van der Waals surface area (Å²) in [6, 6.07) is 5.48. The minimum absolute atomic E-state index is 0.0292. The number of nitrogens with zero attached hydrogens (tertiary/aromatic N) is 1. The van der Waals surface area contributed by atoms with Crippen LogP contribution in [-0.2, 0) is 22.6 Å². The van der Waals surface area contributed by atoms with Crippen molar-refractivity contribution in [2.75, 3.05) is 12.3 Å². The van der Waals surface area contributed by atoms with Gasteiger partial charge in [0, 0.05) is 19.2 Å². The molecule has 2 atom stereocenters. The van der Waals surface area contributed by atoms with Crippen molar-refractivity contribution < 1.29 is 18.4 Å². The number of hydrogen-bond acceptors (Lipinski definition) is 5. The minimum atomic E-state index is -1.00.